The van der Waals surface area contributed by atoms with Crippen LogP contribution in [0.25, 0.3) is 10.2 Å². The van der Waals surface area contributed by atoms with Gasteiger partial charge < -0.3 is 4.90 Å². The molecule has 2 aliphatic rings. The van der Waals surface area contributed by atoms with Crippen LogP contribution in [-0.4, -0.2) is 21.1 Å². The summed E-state index contributed by atoms with van der Waals surface area (Å²) in [5, 5.41) is 15.0. The molecule has 154 valence electrons. The second kappa shape index (κ2) is 8.70. The fourth-order valence-corrected chi connectivity index (χ4v) is 5.37. The first kappa shape index (κ1) is 19.5. The third kappa shape index (κ3) is 4.21. The number of benzene rings is 1. The van der Waals surface area contributed by atoms with E-state index in [-0.39, 0.29) is 0 Å². The molecule has 0 bridgehead atoms. The molecule has 31 heavy (non-hydrogen) atoms. The number of allylic oxidation sites excluding steroid dienone is 2. The summed E-state index contributed by atoms with van der Waals surface area (Å²) in [6.45, 7) is 0.713. The molecular formula is C24H22N6S. The van der Waals surface area contributed by atoms with Crippen molar-refractivity contribution in [1.29, 1.82) is 5.26 Å². The van der Waals surface area contributed by atoms with Crippen molar-refractivity contribution in [2.24, 2.45) is 5.10 Å². The SMILES string of the molecule is N#CC1=CN(Cc2ccccc2)C=C(/C=N/Nc2ncnc3sc4c(c23)CCCC4)C1. The Kier molecular flexibility index (Phi) is 5.46. The van der Waals surface area contributed by atoms with Crippen LogP contribution in [0.15, 0.2) is 65.3 Å². The Hall–Kier alpha value is -3.50. The van der Waals surface area contributed by atoms with Crippen LogP contribution >= 0.6 is 11.3 Å². The van der Waals surface area contributed by atoms with E-state index in [1.165, 1.54) is 28.8 Å². The number of aryl methyl sites for hydroxylation is 2. The second-order valence-corrected chi connectivity index (χ2v) is 8.87. The highest BCUT2D eigenvalue weighted by Crippen LogP contribution is 2.38. The van der Waals surface area contributed by atoms with E-state index in [9.17, 15) is 5.26 Å². The van der Waals surface area contributed by atoms with Crippen molar-refractivity contribution >= 4 is 33.6 Å². The summed E-state index contributed by atoms with van der Waals surface area (Å²) in [7, 11) is 0. The summed E-state index contributed by atoms with van der Waals surface area (Å²) in [6, 6.07) is 12.5. The fourth-order valence-electron chi connectivity index (χ4n) is 4.15. The van der Waals surface area contributed by atoms with E-state index in [0.29, 0.717) is 13.0 Å². The van der Waals surface area contributed by atoms with Crippen LogP contribution in [-0.2, 0) is 19.4 Å². The molecule has 3 heterocycles. The number of anilines is 1. The third-order valence-electron chi connectivity index (χ3n) is 5.55. The lowest BCUT2D eigenvalue weighted by Gasteiger charge is -2.21. The van der Waals surface area contributed by atoms with Gasteiger partial charge in [-0.3, -0.25) is 5.43 Å². The lowest BCUT2D eigenvalue weighted by molar-refractivity contribution is 0.487. The van der Waals surface area contributed by atoms with Gasteiger partial charge in [-0.05, 0) is 42.4 Å². The fraction of sp³-hybridized carbons (Fsp3) is 0.250. The number of hydrazone groups is 1. The summed E-state index contributed by atoms with van der Waals surface area (Å²) in [6.07, 6.45) is 12.6. The lowest BCUT2D eigenvalue weighted by Crippen LogP contribution is -2.15. The van der Waals surface area contributed by atoms with Crippen LogP contribution in [0.1, 0.15) is 35.3 Å². The zero-order valence-corrected chi connectivity index (χ0v) is 17.9. The summed E-state index contributed by atoms with van der Waals surface area (Å²) in [5.74, 6) is 0.759. The molecule has 1 N–H and O–H groups in total. The van der Waals surface area contributed by atoms with Crippen molar-refractivity contribution in [3.63, 3.8) is 0 Å². The zero-order chi connectivity index (χ0) is 21.0. The van der Waals surface area contributed by atoms with Gasteiger partial charge in [0.05, 0.1) is 23.2 Å². The van der Waals surface area contributed by atoms with Crippen LogP contribution in [0.2, 0.25) is 0 Å². The van der Waals surface area contributed by atoms with Gasteiger partial charge in [0.2, 0.25) is 0 Å². The minimum atomic E-state index is 0.569. The molecule has 0 atom stereocenters. The number of aromatic nitrogens is 2. The topological polar surface area (TPSA) is 77.2 Å². The van der Waals surface area contributed by atoms with E-state index in [4.69, 9.17) is 0 Å². The van der Waals surface area contributed by atoms with Gasteiger partial charge in [0.25, 0.3) is 0 Å². The number of rotatable bonds is 5. The Morgan fingerprint density at radius 1 is 1.16 bits per heavy atom. The number of nitrogens with one attached hydrogen (secondary N) is 1. The number of hydrogen-bond acceptors (Lipinski definition) is 7. The van der Waals surface area contributed by atoms with E-state index < -0.39 is 0 Å². The van der Waals surface area contributed by atoms with Gasteiger partial charge >= 0.3 is 0 Å². The van der Waals surface area contributed by atoms with Gasteiger partial charge in [-0.25, -0.2) is 9.97 Å². The predicted molar refractivity (Wildman–Crippen MR) is 125 cm³/mol. The molecule has 6 nitrogen and oxygen atoms in total. The van der Waals surface area contributed by atoms with Crippen molar-refractivity contribution in [3.8, 4) is 6.07 Å². The quantitative estimate of drug-likeness (QED) is 0.450. The van der Waals surface area contributed by atoms with E-state index >= 15 is 0 Å². The molecule has 0 saturated carbocycles. The highest BCUT2D eigenvalue weighted by molar-refractivity contribution is 7.19. The summed E-state index contributed by atoms with van der Waals surface area (Å²) in [4.78, 5) is 13.4. The van der Waals surface area contributed by atoms with Crippen molar-refractivity contribution < 1.29 is 0 Å². The molecule has 2 aromatic heterocycles. The molecule has 0 fully saturated rings. The number of nitrogens with zero attached hydrogens (tertiary/aromatic N) is 5. The number of thiophene rings is 1. The van der Waals surface area contributed by atoms with E-state index in [0.717, 1.165) is 40.0 Å². The molecule has 7 heteroatoms. The van der Waals surface area contributed by atoms with Gasteiger partial charge in [-0.15, -0.1) is 11.3 Å². The molecular weight excluding hydrogens is 404 g/mol. The molecule has 5 rings (SSSR count). The molecule has 3 aromatic rings. The number of hydrogen-bond donors (Lipinski definition) is 1. The molecule has 0 radical (unpaired) electrons. The molecule has 0 saturated heterocycles. The summed E-state index contributed by atoms with van der Waals surface area (Å²) >= 11 is 1.78. The number of fused-ring (bicyclic) bond motifs is 3. The highest BCUT2D eigenvalue weighted by Gasteiger charge is 2.19. The maximum atomic E-state index is 9.46. The van der Waals surface area contributed by atoms with Gasteiger partial charge in [0.1, 0.15) is 11.2 Å². The maximum Gasteiger partial charge on any atom is 0.158 e. The molecule has 0 unspecified atom stereocenters. The molecule has 1 aliphatic carbocycles. The third-order valence-corrected chi connectivity index (χ3v) is 6.75. The van der Waals surface area contributed by atoms with Crippen molar-refractivity contribution in [3.05, 3.63) is 76.2 Å². The van der Waals surface area contributed by atoms with E-state index in [2.05, 4.69) is 38.7 Å². The van der Waals surface area contributed by atoms with Gasteiger partial charge in [-0.1, -0.05) is 30.3 Å². The largest absolute Gasteiger partial charge is 0.349 e. The summed E-state index contributed by atoms with van der Waals surface area (Å²) < 4.78 is 0. The second-order valence-electron chi connectivity index (χ2n) is 7.79. The van der Waals surface area contributed by atoms with Crippen LogP contribution in [0.3, 0.4) is 0 Å². The van der Waals surface area contributed by atoms with Gasteiger partial charge in [0, 0.05) is 30.2 Å². The first-order chi connectivity index (χ1) is 15.3. The Morgan fingerprint density at radius 2 is 2.03 bits per heavy atom. The lowest BCUT2D eigenvalue weighted by atomic mass is 9.97. The van der Waals surface area contributed by atoms with Crippen molar-refractivity contribution in [1.82, 2.24) is 14.9 Å². The standard InChI is InChI=1S/C24H22N6S/c25-11-18-10-19(15-30(14-18)13-17-6-2-1-3-7-17)12-28-29-23-22-20-8-4-5-9-21(20)31-24(22)27-16-26-23/h1-3,6-7,12,14-16H,4-5,8-10,13H2,(H,26,27,29)/b28-12+. The van der Waals surface area contributed by atoms with Crippen molar-refractivity contribution in [2.45, 2.75) is 38.6 Å². The minimum absolute atomic E-state index is 0.569. The Bertz CT molecular complexity index is 1230. The molecule has 0 amide bonds. The van der Waals surface area contributed by atoms with Crippen LogP contribution in [0, 0.1) is 11.3 Å². The van der Waals surface area contributed by atoms with Crippen LogP contribution in [0.5, 0.6) is 0 Å². The zero-order valence-electron chi connectivity index (χ0n) is 17.1. The monoisotopic (exact) mass is 426 g/mol. The van der Waals surface area contributed by atoms with Crippen LogP contribution < -0.4 is 5.43 Å². The highest BCUT2D eigenvalue weighted by atomic mass is 32.1. The molecule has 1 aromatic carbocycles. The Balaban J connectivity index is 1.35. The van der Waals surface area contributed by atoms with Gasteiger partial charge in [0.15, 0.2) is 5.82 Å². The Morgan fingerprint density at radius 3 is 2.90 bits per heavy atom. The summed E-state index contributed by atoms with van der Waals surface area (Å²) in [5.41, 5.74) is 7.39. The number of nitriles is 1. The molecule has 0 spiro atoms. The van der Waals surface area contributed by atoms with Crippen molar-refractivity contribution in [2.75, 3.05) is 5.43 Å². The minimum Gasteiger partial charge on any atom is -0.349 e. The first-order valence-corrected chi connectivity index (χ1v) is 11.3. The van der Waals surface area contributed by atoms with Gasteiger partial charge in [-0.2, -0.15) is 10.4 Å². The average Bonchev–Trinajstić information content (AvgIpc) is 3.19. The predicted octanol–water partition coefficient (Wildman–Crippen LogP) is 5.17. The smallest absolute Gasteiger partial charge is 0.158 e. The maximum absolute atomic E-state index is 9.46. The molecule has 1 aliphatic heterocycles. The van der Waals surface area contributed by atoms with E-state index in [1.54, 1.807) is 23.9 Å². The Labute approximate surface area is 185 Å². The first-order valence-electron chi connectivity index (χ1n) is 10.5. The normalized spacial score (nSPS) is 16.0. The van der Waals surface area contributed by atoms with E-state index in [1.807, 2.05) is 35.5 Å². The van der Waals surface area contributed by atoms with Crippen LogP contribution in [0.4, 0.5) is 5.82 Å². The average molecular weight is 427 g/mol.